The topological polar surface area (TPSA) is 58.6 Å². The van der Waals surface area contributed by atoms with Crippen LogP contribution in [0.3, 0.4) is 0 Å². The molecule has 5 nitrogen and oxygen atoms in total. The van der Waals surface area contributed by atoms with Crippen molar-refractivity contribution in [2.45, 2.75) is 45.8 Å². The number of likely N-dealkylation sites (tertiary alicyclic amines) is 1. The average Bonchev–Trinajstić information content (AvgIpc) is 2.52. The Hall–Kier alpha value is -2.11. The lowest BCUT2D eigenvalue weighted by atomic mass is 9.96. The molecule has 0 bridgehead atoms. The first-order chi connectivity index (χ1) is 11.2. The minimum atomic E-state index is -0.513. The maximum Gasteiger partial charge on any atom is 0.410 e. The predicted molar refractivity (Wildman–Crippen MR) is 88.8 cm³/mol. The van der Waals surface area contributed by atoms with E-state index in [1.807, 2.05) is 20.8 Å². The van der Waals surface area contributed by atoms with Crippen LogP contribution >= 0.6 is 0 Å². The van der Waals surface area contributed by atoms with Crippen LogP contribution in [0.2, 0.25) is 0 Å². The highest BCUT2D eigenvalue weighted by atomic mass is 19.1. The van der Waals surface area contributed by atoms with Crippen LogP contribution in [0, 0.1) is 11.7 Å². The SMILES string of the molecule is CC(C)(C)OC(=O)N1CCC(C(=O)NCc2ccc(F)cc2)CC1. The number of piperidine rings is 1. The zero-order valence-electron chi connectivity index (χ0n) is 14.5. The van der Waals surface area contributed by atoms with Crippen LogP contribution in [0.4, 0.5) is 9.18 Å². The highest BCUT2D eigenvalue weighted by Crippen LogP contribution is 2.20. The Morgan fingerprint density at radius 1 is 1.21 bits per heavy atom. The number of amides is 2. The van der Waals surface area contributed by atoms with E-state index in [9.17, 15) is 14.0 Å². The molecule has 0 unspecified atom stereocenters. The van der Waals surface area contributed by atoms with Crippen molar-refractivity contribution in [1.82, 2.24) is 10.2 Å². The molecular formula is C18H25FN2O3. The van der Waals surface area contributed by atoms with Gasteiger partial charge in [-0.3, -0.25) is 4.79 Å². The Kier molecular flexibility index (Phi) is 5.80. The van der Waals surface area contributed by atoms with Gasteiger partial charge in [0.25, 0.3) is 0 Å². The van der Waals surface area contributed by atoms with Gasteiger partial charge in [-0.1, -0.05) is 12.1 Å². The first-order valence-electron chi connectivity index (χ1n) is 8.25. The third kappa shape index (κ3) is 5.51. The van der Waals surface area contributed by atoms with E-state index >= 15 is 0 Å². The Morgan fingerprint density at radius 3 is 2.33 bits per heavy atom. The van der Waals surface area contributed by atoms with E-state index in [0.29, 0.717) is 32.5 Å². The molecule has 2 rings (SSSR count). The van der Waals surface area contributed by atoms with E-state index < -0.39 is 5.60 Å². The van der Waals surface area contributed by atoms with Crippen molar-refractivity contribution in [3.63, 3.8) is 0 Å². The normalized spacial score (nSPS) is 15.9. The van der Waals surface area contributed by atoms with Crippen molar-refractivity contribution in [3.05, 3.63) is 35.6 Å². The highest BCUT2D eigenvalue weighted by molar-refractivity contribution is 5.79. The molecule has 0 saturated carbocycles. The Bertz CT molecular complexity index is 573. The van der Waals surface area contributed by atoms with E-state index in [-0.39, 0.29) is 23.7 Å². The van der Waals surface area contributed by atoms with Crippen molar-refractivity contribution in [1.29, 1.82) is 0 Å². The quantitative estimate of drug-likeness (QED) is 0.923. The molecule has 0 aliphatic carbocycles. The van der Waals surface area contributed by atoms with Gasteiger partial charge in [0, 0.05) is 25.6 Å². The number of benzene rings is 1. The molecule has 1 aliphatic heterocycles. The van der Waals surface area contributed by atoms with E-state index in [2.05, 4.69) is 5.32 Å². The summed E-state index contributed by atoms with van der Waals surface area (Å²) in [5.74, 6) is -0.424. The van der Waals surface area contributed by atoms with Crippen LogP contribution in [0.25, 0.3) is 0 Å². The van der Waals surface area contributed by atoms with Crippen LogP contribution in [0.5, 0.6) is 0 Å². The van der Waals surface area contributed by atoms with E-state index in [1.165, 1.54) is 12.1 Å². The summed E-state index contributed by atoms with van der Waals surface area (Å²) in [7, 11) is 0. The van der Waals surface area contributed by atoms with Gasteiger partial charge in [-0.15, -0.1) is 0 Å². The van der Waals surface area contributed by atoms with Gasteiger partial charge in [0.1, 0.15) is 11.4 Å². The summed E-state index contributed by atoms with van der Waals surface area (Å²) in [6.07, 6.45) is 0.913. The van der Waals surface area contributed by atoms with Crippen LogP contribution in [-0.2, 0) is 16.1 Å². The largest absolute Gasteiger partial charge is 0.444 e. The predicted octanol–water partition coefficient (Wildman–Crippen LogP) is 3.09. The van der Waals surface area contributed by atoms with Gasteiger partial charge >= 0.3 is 6.09 Å². The Morgan fingerprint density at radius 2 is 1.79 bits per heavy atom. The monoisotopic (exact) mass is 336 g/mol. The number of halogens is 1. The van der Waals surface area contributed by atoms with Gasteiger partial charge < -0.3 is 15.0 Å². The number of carbonyl (C=O) groups is 2. The summed E-state index contributed by atoms with van der Waals surface area (Å²) in [5.41, 5.74) is 0.344. The third-order valence-electron chi connectivity index (χ3n) is 3.90. The summed E-state index contributed by atoms with van der Waals surface area (Å²) in [6, 6.07) is 6.06. The molecule has 1 saturated heterocycles. The van der Waals surface area contributed by atoms with Gasteiger partial charge in [0.05, 0.1) is 0 Å². The van der Waals surface area contributed by atoms with Gasteiger partial charge in [-0.05, 0) is 51.3 Å². The fourth-order valence-electron chi connectivity index (χ4n) is 2.59. The lowest BCUT2D eigenvalue weighted by molar-refractivity contribution is -0.126. The zero-order valence-corrected chi connectivity index (χ0v) is 14.5. The maximum atomic E-state index is 12.9. The van der Waals surface area contributed by atoms with E-state index in [0.717, 1.165) is 5.56 Å². The smallest absolute Gasteiger partial charge is 0.410 e. The number of nitrogens with one attached hydrogen (secondary N) is 1. The Labute approximate surface area is 142 Å². The molecule has 0 aromatic heterocycles. The number of rotatable bonds is 3. The summed E-state index contributed by atoms with van der Waals surface area (Å²) in [4.78, 5) is 25.9. The molecular weight excluding hydrogens is 311 g/mol. The molecule has 24 heavy (non-hydrogen) atoms. The fraction of sp³-hybridized carbons (Fsp3) is 0.556. The molecule has 1 aromatic rings. The van der Waals surface area contributed by atoms with E-state index in [4.69, 9.17) is 4.74 Å². The second kappa shape index (κ2) is 7.64. The highest BCUT2D eigenvalue weighted by Gasteiger charge is 2.29. The molecule has 1 fully saturated rings. The second-order valence-electron chi connectivity index (χ2n) is 7.09. The number of nitrogens with zero attached hydrogens (tertiary/aromatic N) is 1. The molecule has 1 aliphatic rings. The third-order valence-corrected chi connectivity index (χ3v) is 3.90. The number of hydrogen-bond donors (Lipinski definition) is 1. The Balaban J connectivity index is 1.76. The number of ether oxygens (including phenoxy) is 1. The molecule has 0 atom stereocenters. The molecule has 1 aromatic carbocycles. The number of carbonyl (C=O) groups excluding carboxylic acids is 2. The standard InChI is InChI=1S/C18H25FN2O3/c1-18(2,3)24-17(23)21-10-8-14(9-11-21)16(22)20-12-13-4-6-15(19)7-5-13/h4-7,14H,8-12H2,1-3H3,(H,20,22). The summed E-state index contributed by atoms with van der Waals surface area (Å²) >= 11 is 0. The van der Waals surface area contributed by atoms with Crippen LogP contribution in [0.15, 0.2) is 24.3 Å². The van der Waals surface area contributed by atoms with Crippen LogP contribution in [0.1, 0.15) is 39.2 Å². The molecule has 0 spiro atoms. The van der Waals surface area contributed by atoms with Gasteiger partial charge in [0.2, 0.25) is 5.91 Å². The first kappa shape index (κ1) is 18.2. The summed E-state index contributed by atoms with van der Waals surface area (Å²) < 4.78 is 18.2. The summed E-state index contributed by atoms with van der Waals surface area (Å²) in [5, 5.41) is 2.87. The summed E-state index contributed by atoms with van der Waals surface area (Å²) in [6.45, 7) is 6.92. The molecule has 2 amide bonds. The first-order valence-corrected chi connectivity index (χ1v) is 8.25. The van der Waals surface area contributed by atoms with Crippen LogP contribution < -0.4 is 5.32 Å². The zero-order chi connectivity index (χ0) is 17.7. The van der Waals surface area contributed by atoms with Gasteiger partial charge in [-0.25, -0.2) is 9.18 Å². The lowest BCUT2D eigenvalue weighted by Gasteiger charge is -2.32. The minimum Gasteiger partial charge on any atom is -0.444 e. The molecule has 0 radical (unpaired) electrons. The van der Waals surface area contributed by atoms with Crippen molar-refractivity contribution >= 4 is 12.0 Å². The fourth-order valence-corrected chi connectivity index (χ4v) is 2.59. The van der Waals surface area contributed by atoms with Gasteiger partial charge in [-0.2, -0.15) is 0 Å². The van der Waals surface area contributed by atoms with Crippen molar-refractivity contribution in [3.8, 4) is 0 Å². The minimum absolute atomic E-state index is 0.0248. The molecule has 132 valence electrons. The maximum absolute atomic E-state index is 12.9. The van der Waals surface area contributed by atoms with Crippen molar-refractivity contribution in [2.24, 2.45) is 5.92 Å². The average molecular weight is 336 g/mol. The molecule has 1 heterocycles. The van der Waals surface area contributed by atoms with Crippen molar-refractivity contribution < 1.29 is 18.7 Å². The van der Waals surface area contributed by atoms with Gasteiger partial charge in [0.15, 0.2) is 0 Å². The molecule has 6 heteroatoms. The lowest BCUT2D eigenvalue weighted by Crippen LogP contribution is -2.44. The molecule has 1 N–H and O–H groups in total. The van der Waals surface area contributed by atoms with Crippen LogP contribution in [-0.4, -0.2) is 35.6 Å². The second-order valence-corrected chi connectivity index (χ2v) is 7.09. The van der Waals surface area contributed by atoms with E-state index in [1.54, 1.807) is 17.0 Å². The number of hydrogen-bond acceptors (Lipinski definition) is 3. The van der Waals surface area contributed by atoms with Crippen molar-refractivity contribution in [2.75, 3.05) is 13.1 Å².